The number of hydrogen-bond acceptors (Lipinski definition) is 9. The second-order valence-electron chi connectivity index (χ2n) is 8.06. The van der Waals surface area contributed by atoms with Crippen LogP contribution >= 0.6 is 0 Å². The van der Waals surface area contributed by atoms with Crippen molar-refractivity contribution in [3.63, 3.8) is 0 Å². The molecule has 0 unspecified atom stereocenters. The molecule has 0 spiro atoms. The average molecular weight is 535 g/mol. The zero-order valence-corrected chi connectivity index (χ0v) is 19.9. The summed E-state index contributed by atoms with van der Waals surface area (Å²) in [6.07, 6.45) is -4.73. The number of halogens is 3. The van der Waals surface area contributed by atoms with Gasteiger partial charge in [0.05, 0.1) is 22.5 Å². The summed E-state index contributed by atoms with van der Waals surface area (Å²) in [5.74, 6) is -3.07. The molecule has 14 nitrogen and oxygen atoms in total. The molecule has 3 aromatic heterocycles. The maximum Gasteiger partial charge on any atom is 0.449 e. The molecule has 0 saturated heterocycles. The van der Waals surface area contributed by atoms with Crippen molar-refractivity contribution in [2.24, 2.45) is 0 Å². The van der Waals surface area contributed by atoms with Gasteiger partial charge in [0.1, 0.15) is 17.9 Å². The first-order valence-corrected chi connectivity index (χ1v) is 11.0. The van der Waals surface area contributed by atoms with Gasteiger partial charge in [0.15, 0.2) is 5.82 Å². The fourth-order valence-electron chi connectivity index (χ4n) is 3.75. The molecule has 0 fully saturated rings. The van der Waals surface area contributed by atoms with E-state index in [4.69, 9.17) is 4.52 Å². The number of aryl methyl sites for hydroxylation is 1. The molecule has 0 bridgehead atoms. The molecular formula is C21H20F3N9O5. The average Bonchev–Trinajstić information content (AvgIpc) is 3.53. The molecule has 200 valence electrons. The zero-order valence-electron chi connectivity index (χ0n) is 19.9. The van der Waals surface area contributed by atoms with Crippen LogP contribution in [0.1, 0.15) is 33.7 Å². The summed E-state index contributed by atoms with van der Waals surface area (Å²) in [6.45, 7) is 2.21. The molecule has 2 N–H and O–H groups in total. The van der Waals surface area contributed by atoms with Crippen LogP contribution in [0, 0.1) is 24.0 Å². The Bertz CT molecular complexity index is 1520. The van der Waals surface area contributed by atoms with Gasteiger partial charge in [0.2, 0.25) is 11.7 Å². The number of rotatable bonds is 9. The van der Waals surface area contributed by atoms with E-state index in [0.717, 1.165) is 4.57 Å². The van der Waals surface area contributed by atoms with Gasteiger partial charge in [-0.3, -0.25) is 24.4 Å². The third-order valence-corrected chi connectivity index (χ3v) is 5.42. The highest BCUT2D eigenvalue weighted by Crippen LogP contribution is 2.31. The fraction of sp³-hybridized carbons (Fsp3) is 0.333. The van der Waals surface area contributed by atoms with E-state index < -0.39 is 41.2 Å². The van der Waals surface area contributed by atoms with Gasteiger partial charge < -0.3 is 19.7 Å². The Kier molecular flexibility index (Phi) is 7.09. The predicted molar refractivity (Wildman–Crippen MR) is 122 cm³/mol. The summed E-state index contributed by atoms with van der Waals surface area (Å²) in [7, 11) is 0. The maximum absolute atomic E-state index is 13.5. The lowest BCUT2D eigenvalue weighted by Gasteiger charge is -2.09. The Labute approximate surface area is 211 Å². The third kappa shape index (κ3) is 5.45. The number of para-hydroxylation sites is 2. The zero-order chi connectivity index (χ0) is 27.6. The quantitative estimate of drug-likeness (QED) is 0.184. The van der Waals surface area contributed by atoms with Crippen molar-refractivity contribution in [2.45, 2.75) is 33.1 Å². The maximum atomic E-state index is 13.5. The Morgan fingerprint density at radius 3 is 2.53 bits per heavy atom. The van der Waals surface area contributed by atoms with E-state index in [1.807, 2.05) is 0 Å². The molecule has 0 aliphatic carbocycles. The van der Waals surface area contributed by atoms with Crippen molar-refractivity contribution in [3.8, 4) is 0 Å². The van der Waals surface area contributed by atoms with Gasteiger partial charge in [-0.1, -0.05) is 17.3 Å². The van der Waals surface area contributed by atoms with Gasteiger partial charge in [0.25, 0.3) is 0 Å². The van der Waals surface area contributed by atoms with Crippen molar-refractivity contribution < 1.29 is 32.2 Å². The normalized spacial score (nSPS) is 11.6. The van der Waals surface area contributed by atoms with Crippen molar-refractivity contribution in [1.29, 1.82) is 0 Å². The summed E-state index contributed by atoms with van der Waals surface area (Å²) in [6, 6.07) is 6.03. The number of benzene rings is 1. The number of alkyl halides is 3. The number of carbonyl (C=O) groups is 2. The molecule has 2 amide bonds. The van der Waals surface area contributed by atoms with E-state index in [1.165, 1.54) is 30.7 Å². The topological polar surface area (TPSA) is 176 Å². The van der Waals surface area contributed by atoms with Gasteiger partial charge in [-0.15, -0.1) is 0 Å². The van der Waals surface area contributed by atoms with E-state index >= 15 is 0 Å². The molecule has 0 atom stereocenters. The first-order valence-electron chi connectivity index (χ1n) is 11.0. The van der Waals surface area contributed by atoms with Crippen LogP contribution in [-0.2, 0) is 24.1 Å². The van der Waals surface area contributed by atoms with Gasteiger partial charge in [-0.25, -0.2) is 4.98 Å². The Morgan fingerprint density at radius 2 is 1.84 bits per heavy atom. The van der Waals surface area contributed by atoms with E-state index in [9.17, 15) is 32.9 Å². The molecule has 0 aliphatic rings. The largest absolute Gasteiger partial charge is 0.449 e. The van der Waals surface area contributed by atoms with Crippen molar-refractivity contribution in [2.75, 3.05) is 13.1 Å². The number of carbonyl (C=O) groups excluding carboxylic acids is 2. The van der Waals surface area contributed by atoms with E-state index in [0.29, 0.717) is 0 Å². The van der Waals surface area contributed by atoms with Gasteiger partial charge in [0, 0.05) is 13.1 Å². The van der Waals surface area contributed by atoms with Crippen LogP contribution < -0.4 is 10.6 Å². The second kappa shape index (κ2) is 10.3. The molecule has 1 aromatic carbocycles. The minimum Gasteiger partial charge on any atom is -0.353 e. The van der Waals surface area contributed by atoms with E-state index in [-0.39, 0.29) is 53.6 Å². The van der Waals surface area contributed by atoms with Crippen molar-refractivity contribution in [3.05, 3.63) is 63.3 Å². The highest BCUT2D eigenvalue weighted by Gasteiger charge is 2.38. The molecule has 38 heavy (non-hydrogen) atoms. The molecule has 3 heterocycles. The van der Waals surface area contributed by atoms with E-state index in [2.05, 4.69) is 30.9 Å². The van der Waals surface area contributed by atoms with Crippen molar-refractivity contribution in [1.82, 2.24) is 40.1 Å². The van der Waals surface area contributed by atoms with Gasteiger partial charge >= 0.3 is 23.7 Å². The summed E-state index contributed by atoms with van der Waals surface area (Å²) in [4.78, 5) is 42.4. The smallest absolute Gasteiger partial charge is 0.353 e. The Balaban J connectivity index is 1.31. The number of hydrogen-bond donors (Lipinski definition) is 2. The van der Waals surface area contributed by atoms with E-state index in [1.54, 1.807) is 12.1 Å². The first-order chi connectivity index (χ1) is 18.0. The minimum atomic E-state index is -4.73. The number of nitrogens with zero attached hydrogens (tertiary/aromatic N) is 7. The van der Waals surface area contributed by atoms with Crippen LogP contribution in [0.25, 0.3) is 11.0 Å². The summed E-state index contributed by atoms with van der Waals surface area (Å²) in [5, 5.41) is 23.6. The van der Waals surface area contributed by atoms with Crippen LogP contribution in [0.15, 0.2) is 28.8 Å². The molecule has 4 rings (SSSR count). The van der Waals surface area contributed by atoms with Crippen LogP contribution in [0.3, 0.4) is 0 Å². The fourth-order valence-corrected chi connectivity index (χ4v) is 3.75. The number of fused-ring (bicyclic) bond motifs is 1. The third-order valence-electron chi connectivity index (χ3n) is 5.42. The monoisotopic (exact) mass is 535 g/mol. The number of imidazole rings is 1. The van der Waals surface area contributed by atoms with Crippen LogP contribution in [0.2, 0.25) is 0 Å². The summed E-state index contributed by atoms with van der Waals surface area (Å²) < 4.78 is 47.4. The number of nitro groups is 1. The highest BCUT2D eigenvalue weighted by molar-refractivity contribution is 5.89. The lowest BCUT2D eigenvalue weighted by atomic mass is 10.3. The lowest BCUT2D eigenvalue weighted by molar-refractivity contribution is -0.386. The highest BCUT2D eigenvalue weighted by atomic mass is 19.4. The molecule has 4 aromatic rings. The first kappa shape index (κ1) is 26.2. The summed E-state index contributed by atoms with van der Waals surface area (Å²) >= 11 is 0. The second-order valence-corrected chi connectivity index (χ2v) is 8.06. The predicted octanol–water partition coefficient (Wildman–Crippen LogP) is 1.75. The number of nitrogens with one attached hydrogen (secondary N) is 2. The van der Waals surface area contributed by atoms with Crippen LogP contribution in [0.5, 0.6) is 0 Å². The minimum absolute atomic E-state index is 0.00290. The Morgan fingerprint density at radius 1 is 1.13 bits per heavy atom. The van der Waals surface area contributed by atoms with Gasteiger partial charge in [-0.05, 0) is 26.0 Å². The molecule has 17 heteroatoms. The lowest BCUT2D eigenvalue weighted by Crippen LogP contribution is -2.36. The van der Waals surface area contributed by atoms with Crippen molar-refractivity contribution >= 4 is 28.5 Å². The van der Waals surface area contributed by atoms with Crippen LogP contribution in [0.4, 0.5) is 18.9 Å². The number of aromatic nitrogens is 6. The Hall–Kier alpha value is -4.83. The molecular weight excluding hydrogens is 515 g/mol. The summed E-state index contributed by atoms with van der Waals surface area (Å²) in [5.41, 5.74) is 0.595. The SMILES string of the molecule is Cc1nn(CC(=O)NCCNC(=O)c2nc(Cn3c(C(F)(F)F)nc4ccccc43)no2)c(C)c1[N+](=O)[O-]. The molecule has 0 saturated carbocycles. The number of amides is 2. The van der Waals surface area contributed by atoms with Gasteiger partial charge in [-0.2, -0.15) is 23.3 Å². The standard InChI is InChI=1S/C21H20F3N9O5/c1-11-17(33(36)37)12(2)32(29-11)10-16(34)25-7-8-26-18(35)19-28-15(30-38-19)9-31-14-6-4-3-5-13(14)27-20(31)21(22,23)24/h3-6H,7-10H2,1-2H3,(H,25,34)(H,26,35). The van der Waals surface area contributed by atoms with Crippen LogP contribution in [-0.4, -0.2) is 59.3 Å². The molecule has 0 aliphatic heterocycles. The molecule has 0 radical (unpaired) electrons.